The summed E-state index contributed by atoms with van der Waals surface area (Å²) in [7, 11) is 0. The average Bonchev–Trinajstić information content (AvgIpc) is 3.81. The van der Waals surface area contributed by atoms with Gasteiger partial charge in [-0.3, -0.25) is 0 Å². The zero-order valence-corrected chi connectivity index (χ0v) is 29.5. The van der Waals surface area contributed by atoms with Crippen LogP contribution in [0.5, 0.6) is 0 Å². The number of rotatable bonds is 5. The van der Waals surface area contributed by atoms with E-state index in [1.54, 1.807) is 0 Å². The summed E-state index contributed by atoms with van der Waals surface area (Å²) >= 11 is 1.86. The SMILES string of the molecule is c1ccc(-c2ccc(N(c3cccc(-c4cccc5ccccc45)c3)c3cccc4c3sc3ccc5oc6c7ccccc7ccc6c5c34)cc2)cc1. The lowest BCUT2D eigenvalue weighted by atomic mass is 9.97. The van der Waals surface area contributed by atoms with Crippen LogP contribution in [0.3, 0.4) is 0 Å². The van der Waals surface area contributed by atoms with E-state index in [1.165, 1.54) is 64.0 Å². The molecule has 0 fully saturated rings. The topological polar surface area (TPSA) is 16.4 Å². The van der Waals surface area contributed by atoms with E-state index in [-0.39, 0.29) is 0 Å². The number of furan rings is 1. The van der Waals surface area contributed by atoms with Crippen LogP contribution in [0.25, 0.3) is 85.9 Å². The molecule has 248 valence electrons. The van der Waals surface area contributed by atoms with Crippen molar-refractivity contribution in [3.05, 3.63) is 188 Å². The third kappa shape index (κ3) is 4.78. The molecule has 0 radical (unpaired) electrons. The predicted octanol–water partition coefficient (Wildman–Crippen LogP) is 15.1. The van der Waals surface area contributed by atoms with Gasteiger partial charge in [-0.25, -0.2) is 0 Å². The summed E-state index contributed by atoms with van der Waals surface area (Å²) in [4.78, 5) is 2.43. The van der Waals surface area contributed by atoms with Gasteiger partial charge in [0.2, 0.25) is 0 Å². The fourth-order valence-electron chi connectivity index (χ4n) is 8.19. The van der Waals surface area contributed by atoms with Crippen LogP contribution in [0.2, 0.25) is 0 Å². The standard InChI is InChI=1S/C50H31NOS/c1-2-11-32(12-3-1)33-23-26-37(27-24-33)51(38-17-8-16-36(31-38)40-20-9-15-34-13-4-6-18-39(34)40)44-22-10-21-43-48-46(53-50(43)44)30-29-45-47(48)42-28-25-35-14-5-7-19-41(35)49(42)52-45/h1-31H. The monoisotopic (exact) mass is 693 g/mol. The van der Waals surface area contributed by atoms with Gasteiger partial charge < -0.3 is 9.32 Å². The number of benzene rings is 9. The fourth-order valence-corrected chi connectivity index (χ4v) is 9.41. The highest BCUT2D eigenvalue weighted by molar-refractivity contribution is 7.26. The highest BCUT2D eigenvalue weighted by Gasteiger charge is 2.22. The molecule has 0 saturated carbocycles. The highest BCUT2D eigenvalue weighted by Crippen LogP contribution is 2.49. The van der Waals surface area contributed by atoms with Gasteiger partial charge in [-0.15, -0.1) is 11.3 Å². The largest absolute Gasteiger partial charge is 0.455 e. The molecule has 0 aliphatic heterocycles. The maximum Gasteiger partial charge on any atom is 0.143 e. The lowest BCUT2D eigenvalue weighted by molar-refractivity contribution is 0.673. The Kier molecular flexibility index (Phi) is 6.76. The Morgan fingerprint density at radius 2 is 1.09 bits per heavy atom. The first-order valence-corrected chi connectivity index (χ1v) is 18.8. The molecule has 0 amide bonds. The third-order valence-corrected chi connectivity index (χ3v) is 11.8. The van der Waals surface area contributed by atoms with Gasteiger partial charge >= 0.3 is 0 Å². The second kappa shape index (κ2) is 11.9. The molecule has 0 aliphatic carbocycles. The van der Waals surface area contributed by atoms with Gasteiger partial charge in [-0.1, -0.05) is 140 Å². The average molecular weight is 694 g/mol. The molecule has 11 rings (SSSR count). The van der Waals surface area contributed by atoms with E-state index < -0.39 is 0 Å². The van der Waals surface area contributed by atoms with Crippen molar-refractivity contribution in [1.82, 2.24) is 0 Å². The molecule has 0 aliphatic rings. The van der Waals surface area contributed by atoms with Gasteiger partial charge in [-0.05, 0) is 86.9 Å². The maximum absolute atomic E-state index is 6.64. The number of thiophene rings is 1. The first-order valence-electron chi connectivity index (χ1n) is 18.0. The summed E-state index contributed by atoms with van der Waals surface area (Å²) in [5, 5.41) is 9.65. The lowest BCUT2D eigenvalue weighted by Gasteiger charge is -2.27. The van der Waals surface area contributed by atoms with Gasteiger partial charge in [0.15, 0.2) is 0 Å². The molecule has 0 spiro atoms. The minimum Gasteiger partial charge on any atom is -0.455 e. The van der Waals surface area contributed by atoms with E-state index >= 15 is 0 Å². The Labute approximate surface area is 310 Å². The first kappa shape index (κ1) is 30.0. The van der Waals surface area contributed by atoms with Gasteiger partial charge in [0.05, 0.1) is 10.4 Å². The summed E-state index contributed by atoms with van der Waals surface area (Å²) < 4.78 is 9.13. The molecule has 0 atom stereocenters. The van der Waals surface area contributed by atoms with Crippen LogP contribution in [0.15, 0.2) is 192 Å². The van der Waals surface area contributed by atoms with Crippen molar-refractivity contribution in [1.29, 1.82) is 0 Å². The molecular formula is C50H31NOS. The Hall–Kier alpha value is -6.68. The van der Waals surface area contributed by atoms with Crippen molar-refractivity contribution in [2.45, 2.75) is 0 Å². The number of anilines is 3. The molecule has 9 aromatic carbocycles. The maximum atomic E-state index is 6.64. The third-order valence-electron chi connectivity index (χ3n) is 10.6. The molecule has 2 heterocycles. The van der Waals surface area contributed by atoms with Crippen molar-refractivity contribution in [2.24, 2.45) is 0 Å². The fraction of sp³-hybridized carbons (Fsp3) is 0. The Balaban J connectivity index is 1.15. The minimum atomic E-state index is 0.921. The molecule has 11 aromatic rings. The molecule has 53 heavy (non-hydrogen) atoms. The number of nitrogens with zero attached hydrogens (tertiary/aromatic N) is 1. The van der Waals surface area contributed by atoms with E-state index in [4.69, 9.17) is 4.42 Å². The lowest BCUT2D eigenvalue weighted by Crippen LogP contribution is -2.10. The molecule has 3 heteroatoms. The molecule has 2 nitrogen and oxygen atoms in total. The van der Waals surface area contributed by atoms with E-state index in [0.717, 1.165) is 39.0 Å². The van der Waals surface area contributed by atoms with Crippen LogP contribution in [0, 0.1) is 0 Å². The van der Waals surface area contributed by atoms with Crippen LogP contribution in [-0.4, -0.2) is 0 Å². The van der Waals surface area contributed by atoms with Crippen LogP contribution in [0.1, 0.15) is 0 Å². The molecule has 0 N–H and O–H groups in total. The number of hydrogen-bond donors (Lipinski definition) is 0. The Morgan fingerprint density at radius 1 is 0.415 bits per heavy atom. The van der Waals surface area contributed by atoms with Crippen LogP contribution in [0.4, 0.5) is 17.1 Å². The molecule has 0 unspecified atom stereocenters. The molecular weight excluding hydrogens is 663 g/mol. The van der Waals surface area contributed by atoms with E-state index in [2.05, 4.69) is 193 Å². The summed E-state index contributed by atoms with van der Waals surface area (Å²) in [6, 6.07) is 67.9. The van der Waals surface area contributed by atoms with Crippen molar-refractivity contribution in [3.63, 3.8) is 0 Å². The van der Waals surface area contributed by atoms with Crippen molar-refractivity contribution >= 4 is 92.1 Å². The van der Waals surface area contributed by atoms with Gasteiger partial charge in [0.25, 0.3) is 0 Å². The van der Waals surface area contributed by atoms with E-state index in [9.17, 15) is 0 Å². The van der Waals surface area contributed by atoms with Crippen LogP contribution < -0.4 is 4.90 Å². The quantitative estimate of drug-likeness (QED) is 0.178. The predicted molar refractivity (Wildman–Crippen MR) is 227 cm³/mol. The minimum absolute atomic E-state index is 0.921. The molecule has 2 aromatic heterocycles. The van der Waals surface area contributed by atoms with Crippen molar-refractivity contribution < 1.29 is 4.42 Å². The second-order valence-electron chi connectivity index (χ2n) is 13.7. The van der Waals surface area contributed by atoms with Crippen molar-refractivity contribution in [2.75, 3.05) is 4.90 Å². The van der Waals surface area contributed by atoms with Gasteiger partial charge in [0, 0.05) is 43.0 Å². The first-order chi connectivity index (χ1) is 26.3. The number of hydrogen-bond acceptors (Lipinski definition) is 3. The summed E-state index contributed by atoms with van der Waals surface area (Å²) in [6.45, 7) is 0. The number of fused-ring (bicyclic) bond motifs is 10. The Bertz CT molecular complexity index is 3170. The summed E-state index contributed by atoms with van der Waals surface area (Å²) in [5.74, 6) is 0. The van der Waals surface area contributed by atoms with Crippen LogP contribution in [-0.2, 0) is 0 Å². The van der Waals surface area contributed by atoms with Gasteiger partial charge in [-0.2, -0.15) is 0 Å². The Morgan fingerprint density at radius 3 is 1.96 bits per heavy atom. The van der Waals surface area contributed by atoms with E-state index in [0.29, 0.717) is 0 Å². The normalized spacial score (nSPS) is 11.8. The molecule has 0 bridgehead atoms. The zero-order chi connectivity index (χ0) is 34.9. The zero-order valence-electron chi connectivity index (χ0n) is 28.7. The highest BCUT2D eigenvalue weighted by atomic mass is 32.1. The second-order valence-corrected chi connectivity index (χ2v) is 14.7. The van der Waals surface area contributed by atoms with Crippen LogP contribution >= 0.6 is 11.3 Å². The van der Waals surface area contributed by atoms with E-state index in [1.807, 2.05) is 11.3 Å². The van der Waals surface area contributed by atoms with Crippen molar-refractivity contribution in [3.8, 4) is 22.3 Å². The smallest absolute Gasteiger partial charge is 0.143 e. The van der Waals surface area contributed by atoms with Gasteiger partial charge in [0.1, 0.15) is 11.2 Å². The molecule has 0 saturated heterocycles. The summed E-state index contributed by atoms with van der Waals surface area (Å²) in [5.41, 5.74) is 10.1. The summed E-state index contributed by atoms with van der Waals surface area (Å²) in [6.07, 6.45) is 0.